The molecular weight excluding hydrogens is 128 g/mol. The average Bonchev–Trinajstić information content (AvgIpc) is 2.29. The molecule has 2 aliphatic rings. The van der Waals surface area contributed by atoms with E-state index in [0.717, 1.165) is 19.3 Å². The number of hydrogen-bond donors (Lipinski definition) is 2. The molecule has 2 fully saturated rings. The molecule has 2 nitrogen and oxygen atoms in total. The van der Waals surface area contributed by atoms with Crippen LogP contribution in [0.1, 0.15) is 25.7 Å². The molecule has 0 aromatic rings. The molecular formula is C8H14O2. The molecule has 0 aliphatic heterocycles. The summed E-state index contributed by atoms with van der Waals surface area (Å²) in [5.74, 6) is 1.12. The summed E-state index contributed by atoms with van der Waals surface area (Å²) < 4.78 is 0. The van der Waals surface area contributed by atoms with Crippen LogP contribution in [0.4, 0.5) is 0 Å². The quantitative estimate of drug-likeness (QED) is 0.518. The minimum absolute atomic E-state index is 0.411. The molecule has 0 radical (unpaired) electrons. The first kappa shape index (κ1) is 6.62. The third-order valence-corrected chi connectivity index (χ3v) is 3.03. The Hall–Kier alpha value is -0.0800. The van der Waals surface area contributed by atoms with Gasteiger partial charge in [0, 0.05) is 0 Å². The molecule has 2 N–H and O–H groups in total. The van der Waals surface area contributed by atoms with Gasteiger partial charge in [0.2, 0.25) is 0 Å². The van der Waals surface area contributed by atoms with Crippen LogP contribution in [0, 0.1) is 11.8 Å². The Morgan fingerprint density at radius 1 is 1.00 bits per heavy atom. The van der Waals surface area contributed by atoms with Gasteiger partial charge in [-0.15, -0.1) is 0 Å². The highest BCUT2D eigenvalue weighted by Crippen LogP contribution is 2.41. The zero-order valence-electron chi connectivity index (χ0n) is 6.03. The predicted octanol–water partition coefficient (Wildman–Crippen LogP) is 0.528. The average molecular weight is 142 g/mol. The van der Waals surface area contributed by atoms with Crippen molar-refractivity contribution in [1.82, 2.24) is 0 Å². The summed E-state index contributed by atoms with van der Waals surface area (Å²) in [6, 6.07) is 0. The molecule has 2 rings (SSSR count). The molecule has 10 heavy (non-hydrogen) atoms. The first-order valence-corrected chi connectivity index (χ1v) is 4.13. The van der Waals surface area contributed by atoms with Crippen LogP contribution in [-0.2, 0) is 0 Å². The van der Waals surface area contributed by atoms with Crippen molar-refractivity contribution in [3.8, 4) is 0 Å². The van der Waals surface area contributed by atoms with Crippen molar-refractivity contribution < 1.29 is 10.2 Å². The van der Waals surface area contributed by atoms with E-state index in [1.807, 2.05) is 0 Å². The van der Waals surface area contributed by atoms with Gasteiger partial charge in [-0.25, -0.2) is 0 Å². The van der Waals surface area contributed by atoms with E-state index in [2.05, 4.69) is 0 Å². The van der Waals surface area contributed by atoms with Crippen LogP contribution < -0.4 is 0 Å². The number of hydrogen-bond acceptors (Lipinski definition) is 2. The van der Waals surface area contributed by atoms with Gasteiger partial charge < -0.3 is 10.2 Å². The maximum absolute atomic E-state index is 9.41. The fourth-order valence-electron chi connectivity index (χ4n) is 2.43. The van der Waals surface area contributed by atoms with Gasteiger partial charge in [-0.1, -0.05) is 0 Å². The van der Waals surface area contributed by atoms with Crippen LogP contribution in [-0.4, -0.2) is 22.4 Å². The zero-order valence-corrected chi connectivity index (χ0v) is 6.03. The molecule has 0 aromatic carbocycles. The van der Waals surface area contributed by atoms with Crippen LogP contribution in [0.3, 0.4) is 0 Å². The van der Waals surface area contributed by atoms with Crippen LogP contribution in [0.5, 0.6) is 0 Å². The Bertz CT molecular complexity index is 135. The highest BCUT2D eigenvalue weighted by atomic mass is 16.3. The van der Waals surface area contributed by atoms with Crippen molar-refractivity contribution in [1.29, 1.82) is 0 Å². The van der Waals surface area contributed by atoms with E-state index in [-0.39, 0.29) is 0 Å². The number of rotatable bonds is 0. The zero-order chi connectivity index (χ0) is 7.14. The van der Waals surface area contributed by atoms with Crippen LogP contribution >= 0.6 is 0 Å². The molecule has 0 saturated heterocycles. The Labute approximate surface area is 60.9 Å². The molecule has 0 amide bonds. The smallest absolute Gasteiger partial charge is 0.0827 e. The lowest BCUT2D eigenvalue weighted by molar-refractivity contribution is -0.0423. The van der Waals surface area contributed by atoms with Crippen LogP contribution in [0.2, 0.25) is 0 Å². The first-order valence-electron chi connectivity index (χ1n) is 4.13. The molecule has 58 valence electrons. The van der Waals surface area contributed by atoms with Gasteiger partial charge in [0.25, 0.3) is 0 Å². The summed E-state index contributed by atoms with van der Waals surface area (Å²) in [5, 5.41) is 18.7. The molecule has 0 aromatic heterocycles. The maximum atomic E-state index is 9.41. The molecule has 0 heterocycles. The van der Waals surface area contributed by atoms with Gasteiger partial charge in [0.15, 0.2) is 0 Å². The van der Waals surface area contributed by atoms with Crippen molar-refractivity contribution in [3.63, 3.8) is 0 Å². The summed E-state index contributed by atoms with van der Waals surface area (Å²) in [4.78, 5) is 0. The molecule has 2 aliphatic carbocycles. The second-order valence-electron chi connectivity index (χ2n) is 3.73. The van der Waals surface area contributed by atoms with E-state index < -0.39 is 12.2 Å². The number of aliphatic hydroxyl groups excluding tert-OH is 2. The fourth-order valence-corrected chi connectivity index (χ4v) is 2.43. The lowest BCUT2D eigenvalue weighted by Crippen LogP contribution is -2.36. The Morgan fingerprint density at radius 3 is 2.60 bits per heavy atom. The normalized spacial score (nSPS) is 53.4. The van der Waals surface area contributed by atoms with Crippen molar-refractivity contribution in [2.75, 3.05) is 0 Å². The van der Waals surface area contributed by atoms with E-state index in [1.54, 1.807) is 0 Å². The van der Waals surface area contributed by atoms with Crippen molar-refractivity contribution >= 4 is 0 Å². The fraction of sp³-hybridized carbons (Fsp3) is 1.00. The third kappa shape index (κ3) is 0.867. The lowest BCUT2D eigenvalue weighted by Gasteiger charge is -2.29. The maximum Gasteiger partial charge on any atom is 0.0827 e. The topological polar surface area (TPSA) is 40.5 Å². The van der Waals surface area contributed by atoms with Crippen LogP contribution in [0.15, 0.2) is 0 Å². The first-order chi connectivity index (χ1) is 4.77. The second-order valence-corrected chi connectivity index (χ2v) is 3.73. The Kier molecular flexibility index (Phi) is 1.46. The number of aliphatic hydroxyl groups is 2. The summed E-state index contributed by atoms with van der Waals surface area (Å²) >= 11 is 0. The van der Waals surface area contributed by atoms with E-state index >= 15 is 0 Å². The Balaban J connectivity index is 2.09. The molecule has 4 atom stereocenters. The summed E-state index contributed by atoms with van der Waals surface area (Å²) in [7, 11) is 0. The Morgan fingerprint density at radius 2 is 1.80 bits per heavy atom. The van der Waals surface area contributed by atoms with E-state index in [1.165, 1.54) is 6.42 Å². The monoisotopic (exact) mass is 142 g/mol. The number of fused-ring (bicyclic) bond motifs is 2. The standard InChI is InChI=1S/C8H14O2/c9-7-4-5-1-2-6(3-5)8(7)10/h5-10H,1-4H2. The van der Waals surface area contributed by atoms with Gasteiger partial charge in [-0.2, -0.15) is 0 Å². The highest BCUT2D eigenvalue weighted by Gasteiger charge is 2.39. The van der Waals surface area contributed by atoms with Gasteiger partial charge >= 0.3 is 0 Å². The minimum Gasteiger partial charge on any atom is -0.390 e. The van der Waals surface area contributed by atoms with Gasteiger partial charge in [0.1, 0.15) is 0 Å². The molecule has 2 heteroatoms. The largest absolute Gasteiger partial charge is 0.390 e. The van der Waals surface area contributed by atoms with Crippen molar-refractivity contribution in [2.45, 2.75) is 37.9 Å². The van der Waals surface area contributed by atoms with Crippen LogP contribution in [0.25, 0.3) is 0 Å². The molecule has 0 spiro atoms. The third-order valence-electron chi connectivity index (χ3n) is 3.03. The van der Waals surface area contributed by atoms with Gasteiger partial charge in [-0.05, 0) is 37.5 Å². The minimum atomic E-state index is -0.425. The van der Waals surface area contributed by atoms with E-state index in [0.29, 0.717) is 11.8 Å². The predicted molar refractivity (Wildman–Crippen MR) is 37.5 cm³/mol. The summed E-state index contributed by atoms with van der Waals surface area (Å²) in [6.45, 7) is 0. The molecule has 2 saturated carbocycles. The van der Waals surface area contributed by atoms with Gasteiger partial charge in [0.05, 0.1) is 12.2 Å². The molecule has 4 unspecified atom stereocenters. The summed E-state index contributed by atoms with van der Waals surface area (Å²) in [5.41, 5.74) is 0. The second kappa shape index (κ2) is 2.21. The lowest BCUT2D eigenvalue weighted by atomic mass is 9.85. The van der Waals surface area contributed by atoms with Crippen molar-refractivity contribution in [3.05, 3.63) is 0 Å². The SMILES string of the molecule is OC1CC2CCC(C2)C1O. The van der Waals surface area contributed by atoms with E-state index in [4.69, 9.17) is 0 Å². The summed E-state index contributed by atoms with van der Waals surface area (Å²) in [6.07, 6.45) is 3.49. The highest BCUT2D eigenvalue weighted by molar-refractivity contribution is 4.91. The van der Waals surface area contributed by atoms with Crippen molar-refractivity contribution in [2.24, 2.45) is 11.8 Å². The molecule has 2 bridgehead atoms. The van der Waals surface area contributed by atoms with E-state index in [9.17, 15) is 10.2 Å². The van der Waals surface area contributed by atoms with Gasteiger partial charge in [-0.3, -0.25) is 0 Å².